The van der Waals surface area contributed by atoms with E-state index in [-0.39, 0.29) is 19.0 Å². The normalized spacial score (nSPS) is 10.5. The van der Waals surface area contributed by atoms with Crippen molar-refractivity contribution < 1.29 is 5.11 Å². The van der Waals surface area contributed by atoms with Crippen molar-refractivity contribution in [3.63, 3.8) is 0 Å². The molecule has 0 amide bonds. The van der Waals surface area contributed by atoms with E-state index in [9.17, 15) is 5.11 Å². The van der Waals surface area contributed by atoms with Crippen LogP contribution >= 0.6 is 12.4 Å². The first-order valence-corrected chi connectivity index (χ1v) is 9.90. The van der Waals surface area contributed by atoms with E-state index in [1.165, 1.54) is 0 Å². The van der Waals surface area contributed by atoms with Crippen molar-refractivity contribution in [2.24, 2.45) is 0 Å². The third kappa shape index (κ3) is 5.22. The maximum atomic E-state index is 9.62. The van der Waals surface area contributed by atoms with E-state index >= 15 is 0 Å². The van der Waals surface area contributed by atoms with E-state index in [1.54, 1.807) is 6.20 Å². The van der Waals surface area contributed by atoms with Gasteiger partial charge in [-0.05, 0) is 34.4 Å². The molecule has 0 atom stereocenters. The Hall–Kier alpha value is -3.36. The summed E-state index contributed by atoms with van der Waals surface area (Å²) in [6.07, 6.45) is 3.45. The summed E-state index contributed by atoms with van der Waals surface area (Å²) in [7, 11) is 0. The highest BCUT2D eigenvalue weighted by Gasteiger charge is 2.13. The predicted molar refractivity (Wildman–Crippen MR) is 122 cm³/mol. The SMILES string of the molecule is CCCc1ncc(CO)c(NCc2ccc(-c3ccccc3)c(-c3nn[nH]n3)c2)n1.Cl. The Bertz CT molecular complexity index is 1100. The standard InChI is InChI=1S/C22H23N7O.ClH/c1-2-6-20-23-13-17(14-30)21(25-20)24-12-15-9-10-18(16-7-4-3-5-8-16)19(11-15)22-26-28-29-27-22;/h3-5,7-11,13,30H,2,6,12,14H2,1H3,(H,23,24,25)(H,26,27,28,29);1H. The first-order valence-electron chi connectivity index (χ1n) is 9.90. The number of tetrazole rings is 1. The van der Waals surface area contributed by atoms with Crippen LogP contribution in [0.25, 0.3) is 22.5 Å². The Kier molecular flexibility index (Phi) is 7.64. The van der Waals surface area contributed by atoms with Crippen molar-refractivity contribution in [3.8, 4) is 22.5 Å². The topological polar surface area (TPSA) is 112 Å². The molecule has 0 fully saturated rings. The van der Waals surface area contributed by atoms with Crippen LogP contribution in [0.5, 0.6) is 0 Å². The van der Waals surface area contributed by atoms with Crippen molar-refractivity contribution in [2.75, 3.05) is 5.32 Å². The van der Waals surface area contributed by atoms with Gasteiger partial charge in [-0.15, -0.1) is 22.6 Å². The van der Waals surface area contributed by atoms with Gasteiger partial charge < -0.3 is 10.4 Å². The Morgan fingerprint density at radius 1 is 1.06 bits per heavy atom. The van der Waals surface area contributed by atoms with Gasteiger partial charge in [0.2, 0.25) is 5.82 Å². The number of aryl methyl sites for hydroxylation is 1. The molecule has 0 bridgehead atoms. The lowest BCUT2D eigenvalue weighted by molar-refractivity contribution is 0.281. The molecule has 160 valence electrons. The van der Waals surface area contributed by atoms with E-state index in [1.807, 2.05) is 24.3 Å². The number of aromatic nitrogens is 6. The van der Waals surface area contributed by atoms with Gasteiger partial charge in [0.1, 0.15) is 11.6 Å². The Morgan fingerprint density at radius 2 is 1.90 bits per heavy atom. The van der Waals surface area contributed by atoms with Crippen LogP contribution < -0.4 is 5.32 Å². The number of halogens is 1. The van der Waals surface area contributed by atoms with Crippen LogP contribution in [0, 0.1) is 0 Å². The summed E-state index contributed by atoms with van der Waals surface area (Å²) in [6.45, 7) is 2.51. The number of aliphatic hydroxyl groups excluding tert-OH is 1. The summed E-state index contributed by atoms with van der Waals surface area (Å²) in [4.78, 5) is 8.87. The number of nitrogens with zero attached hydrogens (tertiary/aromatic N) is 5. The first kappa shape index (κ1) is 22.3. The number of H-pyrrole nitrogens is 1. The molecule has 4 aromatic rings. The number of aliphatic hydroxyl groups is 1. The van der Waals surface area contributed by atoms with Gasteiger partial charge in [0.25, 0.3) is 0 Å². The summed E-state index contributed by atoms with van der Waals surface area (Å²) in [5.41, 5.74) is 4.72. The molecule has 0 unspecified atom stereocenters. The van der Waals surface area contributed by atoms with Gasteiger partial charge in [-0.25, -0.2) is 9.97 Å². The minimum Gasteiger partial charge on any atom is -0.391 e. The van der Waals surface area contributed by atoms with Crippen LogP contribution in [-0.2, 0) is 19.6 Å². The van der Waals surface area contributed by atoms with Crippen LogP contribution in [-0.4, -0.2) is 35.7 Å². The Labute approximate surface area is 186 Å². The highest BCUT2D eigenvalue weighted by Crippen LogP contribution is 2.31. The Morgan fingerprint density at radius 3 is 2.61 bits per heavy atom. The second kappa shape index (κ2) is 10.6. The van der Waals surface area contributed by atoms with E-state index in [0.29, 0.717) is 23.8 Å². The quantitative estimate of drug-likeness (QED) is 0.384. The van der Waals surface area contributed by atoms with Gasteiger partial charge in [0.15, 0.2) is 0 Å². The van der Waals surface area contributed by atoms with Gasteiger partial charge in [-0.1, -0.05) is 49.4 Å². The van der Waals surface area contributed by atoms with Crippen LogP contribution in [0.4, 0.5) is 5.82 Å². The second-order valence-electron chi connectivity index (χ2n) is 6.90. The fourth-order valence-corrected chi connectivity index (χ4v) is 3.27. The Balaban J connectivity index is 0.00000272. The van der Waals surface area contributed by atoms with Crippen molar-refractivity contribution in [2.45, 2.75) is 32.9 Å². The van der Waals surface area contributed by atoms with Crippen LogP contribution in [0.1, 0.15) is 30.3 Å². The summed E-state index contributed by atoms with van der Waals surface area (Å²) < 4.78 is 0. The summed E-state index contributed by atoms with van der Waals surface area (Å²) in [5, 5.41) is 27.5. The van der Waals surface area contributed by atoms with Gasteiger partial charge in [0.05, 0.1) is 6.61 Å². The van der Waals surface area contributed by atoms with Crippen molar-refractivity contribution in [3.05, 3.63) is 71.7 Å². The number of rotatable bonds is 8. The molecule has 31 heavy (non-hydrogen) atoms. The zero-order chi connectivity index (χ0) is 20.8. The fourth-order valence-electron chi connectivity index (χ4n) is 3.27. The summed E-state index contributed by atoms with van der Waals surface area (Å²) in [6, 6.07) is 16.3. The third-order valence-corrected chi connectivity index (χ3v) is 4.77. The summed E-state index contributed by atoms with van der Waals surface area (Å²) >= 11 is 0. The molecule has 0 spiro atoms. The molecule has 0 saturated carbocycles. The number of hydrogen-bond donors (Lipinski definition) is 3. The van der Waals surface area contributed by atoms with Crippen molar-refractivity contribution >= 4 is 18.2 Å². The zero-order valence-electron chi connectivity index (χ0n) is 17.1. The van der Waals surface area contributed by atoms with Gasteiger partial charge >= 0.3 is 0 Å². The minimum atomic E-state index is -0.115. The lowest BCUT2D eigenvalue weighted by atomic mass is 9.97. The monoisotopic (exact) mass is 437 g/mol. The molecule has 9 heteroatoms. The lowest BCUT2D eigenvalue weighted by Gasteiger charge is -2.13. The largest absolute Gasteiger partial charge is 0.391 e. The number of benzene rings is 2. The smallest absolute Gasteiger partial charge is 0.205 e. The highest BCUT2D eigenvalue weighted by atomic mass is 35.5. The molecule has 2 aromatic heterocycles. The molecule has 0 radical (unpaired) electrons. The van der Waals surface area contributed by atoms with Gasteiger partial charge in [0, 0.05) is 30.3 Å². The average Bonchev–Trinajstić information content (AvgIpc) is 3.33. The third-order valence-electron chi connectivity index (χ3n) is 4.77. The molecule has 0 saturated heterocycles. The van der Waals surface area contributed by atoms with Crippen molar-refractivity contribution in [1.29, 1.82) is 0 Å². The molecule has 2 aromatic carbocycles. The molecule has 0 aliphatic carbocycles. The number of aromatic amines is 1. The predicted octanol–water partition coefficient (Wildman–Crippen LogP) is 3.80. The molecular weight excluding hydrogens is 414 g/mol. The molecule has 0 aliphatic rings. The molecular formula is C22H24ClN7O. The molecule has 8 nitrogen and oxygen atoms in total. The van der Waals surface area contributed by atoms with E-state index < -0.39 is 0 Å². The average molecular weight is 438 g/mol. The second-order valence-corrected chi connectivity index (χ2v) is 6.90. The minimum absolute atomic E-state index is 0. The van der Waals surface area contributed by atoms with Crippen LogP contribution in [0.2, 0.25) is 0 Å². The number of hydrogen-bond acceptors (Lipinski definition) is 7. The van der Waals surface area contributed by atoms with Crippen LogP contribution in [0.15, 0.2) is 54.7 Å². The number of anilines is 1. The van der Waals surface area contributed by atoms with E-state index in [2.05, 4.69) is 67.1 Å². The molecule has 4 rings (SSSR count). The maximum absolute atomic E-state index is 9.62. The first-order chi connectivity index (χ1) is 14.8. The van der Waals surface area contributed by atoms with Gasteiger partial charge in [-0.2, -0.15) is 5.21 Å². The fraction of sp³-hybridized carbons (Fsp3) is 0.227. The zero-order valence-corrected chi connectivity index (χ0v) is 17.9. The molecule has 2 heterocycles. The van der Waals surface area contributed by atoms with E-state index in [4.69, 9.17) is 0 Å². The van der Waals surface area contributed by atoms with Crippen molar-refractivity contribution in [1.82, 2.24) is 30.6 Å². The van der Waals surface area contributed by atoms with Gasteiger partial charge in [-0.3, -0.25) is 0 Å². The number of nitrogens with one attached hydrogen (secondary N) is 2. The highest BCUT2D eigenvalue weighted by molar-refractivity contribution is 5.85. The molecule has 3 N–H and O–H groups in total. The van der Waals surface area contributed by atoms with Crippen LogP contribution in [0.3, 0.4) is 0 Å². The van der Waals surface area contributed by atoms with E-state index in [0.717, 1.165) is 40.9 Å². The lowest BCUT2D eigenvalue weighted by Crippen LogP contribution is -2.08. The summed E-state index contributed by atoms with van der Waals surface area (Å²) in [5.74, 6) is 1.97. The maximum Gasteiger partial charge on any atom is 0.205 e. The molecule has 0 aliphatic heterocycles.